The fraction of sp³-hybridized carbons (Fsp3) is 0.333. The van der Waals surface area contributed by atoms with Crippen molar-refractivity contribution in [3.8, 4) is 23.0 Å². The molecule has 29 heavy (non-hydrogen) atoms. The zero-order valence-corrected chi connectivity index (χ0v) is 16.5. The maximum absolute atomic E-state index is 5.68. The van der Waals surface area contributed by atoms with Crippen molar-refractivity contribution in [3.05, 3.63) is 59.7 Å². The van der Waals surface area contributed by atoms with Gasteiger partial charge in [0.2, 0.25) is 11.7 Å². The van der Waals surface area contributed by atoms with Crippen molar-refractivity contribution in [1.82, 2.24) is 15.0 Å². The van der Waals surface area contributed by atoms with E-state index in [1.165, 1.54) is 0 Å². The minimum Gasteiger partial charge on any atom is -0.497 e. The molecule has 4 rings (SSSR count). The molecule has 1 aliphatic heterocycles. The SMILES string of the molecule is COc1ccc(OCc2noc(CN(C)Cc3ccc4c(c3)OCCO4)n2)cc1. The lowest BCUT2D eigenvalue weighted by Gasteiger charge is -2.20. The van der Waals surface area contributed by atoms with Crippen LogP contribution in [0.3, 0.4) is 0 Å². The van der Waals surface area contributed by atoms with Crippen LogP contribution >= 0.6 is 0 Å². The molecule has 2 aromatic carbocycles. The average Bonchev–Trinajstić information content (AvgIpc) is 3.19. The van der Waals surface area contributed by atoms with Crippen LogP contribution in [0.25, 0.3) is 0 Å². The monoisotopic (exact) mass is 397 g/mol. The number of aromatic nitrogens is 2. The lowest BCUT2D eigenvalue weighted by molar-refractivity contribution is 0.171. The first-order valence-corrected chi connectivity index (χ1v) is 9.35. The molecule has 2 heterocycles. The van der Waals surface area contributed by atoms with Gasteiger partial charge in [-0.25, -0.2) is 0 Å². The topological polar surface area (TPSA) is 79.1 Å². The Morgan fingerprint density at radius 3 is 2.52 bits per heavy atom. The number of fused-ring (bicyclic) bond motifs is 1. The van der Waals surface area contributed by atoms with Gasteiger partial charge in [0, 0.05) is 6.54 Å². The normalized spacial score (nSPS) is 12.8. The average molecular weight is 397 g/mol. The molecule has 3 aromatic rings. The summed E-state index contributed by atoms with van der Waals surface area (Å²) in [5, 5.41) is 3.98. The highest BCUT2D eigenvalue weighted by molar-refractivity contribution is 5.43. The Bertz CT molecular complexity index is 942. The maximum Gasteiger partial charge on any atom is 0.240 e. The number of hydrogen-bond acceptors (Lipinski definition) is 8. The highest BCUT2D eigenvalue weighted by atomic mass is 16.6. The van der Waals surface area contributed by atoms with Crippen LogP contribution in [0.2, 0.25) is 0 Å². The second-order valence-corrected chi connectivity index (χ2v) is 6.72. The molecule has 8 heteroatoms. The van der Waals surface area contributed by atoms with Gasteiger partial charge in [-0.1, -0.05) is 11.2 Å². The molecule has 0 saturated carbocycles. The first-order chi connectivity index (χ1) is 14.2. The van der Waals surface area contributed by atoms with Crippen LogP contribution in [-0.2, 0) is 19.7 Å². The molecule has 0 spiro atoms. The molecule has 8 nitrogen and oxygen atoms in total. The Labute approximate surface area is 168 Å². The highest BCUT2D eigenvalue weighted by Gasteiger charge is 2.14. The summed E-state index contributed by atoms with van der Waals surface area (Å²) in [7, 11) is 3.62. The van der Waals surface area contributed by atoms with E-state index in [-0.39, 0.29) is 6.61 Å². The second-order valence-electron chi connectivity index (χ2n) is 6.72. The third-order valence-electron chi connectivity index (χ3n) is 4.40. The number of rotatable bonds is 8. The zero-order chi connectivity index (χ0) is 20.1. The van der Waals surface area contributed by atoms with Crippen molar-refractivity contribution in [3.63, 3.8) is 0 Å². The number of methoxy groups -OCH3 is 1. The van der Waals surface area contributed by atoms with E-state index in [0.717, 1.165) is 29.4 Å². The van der Waals surface area contributed by atoms with Crippen LogP contribution in [0.15, 0.2) is 47.0 Å². The van der Waals surface area contributed by atoms with Gasteiger partial charge in [0.1, 0.15) is 24.7 Å². The molecule has 1 aliphatic rings. The molecule has 0 fully saturated rings. The number of ether oxygens (including phenoxy) is 4. The van der Waals surface area contributed by atoms with Crippen molar-refractivity contribution in [2.45, 2.75) is 19.7 Å². The van der Waals surface area contributed by atoms with Gasteiger partial charge >= 0.3 is 0 Å². The van der Waals surface area contributed by atoms with E-state index in [2.05, 4.69) is 15.0 Å². The fourth-order valence-electron chi connectivity index (χ4n) is 3.02. The predicted molar refractivity (Wildman–Crippen MR) is 104 cm³/mol. The van der Waals surface area contributed by atoms with Crippen LogP contribution < -0.4 is 18.9 Å². The first kappa shape index (κ1) is 19.1. The van der Waals surface area contributed by atoms with E-state index in [9.17, 15) is 0 Å². The van der Waals surface area contributed by atoms with Gasteiger partial charge in [-0.2, -0.15) is 4.98 Å². The van der Waals surface area contributed by atoms with E-state index < -0.39 is 0 Å². The van der Waals surface area contributed by atoms with Crippen LogP contribution in [0.1, 0.15) is 17.3 Å². The number of benzene rings is 2. The zero-order valence-electron chi connectivity index (χ0n) is 16.5. The highest BCUT2D eigenvalue weighted by Crippen LogP contribution is 2.31. The van der Waals surface area contributed by atoms with Crippen LogP contribution in [-0.4, -0.2) is 42.4 Å². The second kappa shape index (κ2) is 8.83. The van der Waals surface area contributed by atoms with Crippen LogP contribution in [0, 0.1) is 0 Å². The lowest BCUT2D eigenvalue weighted by Crippen LogP contribution is -2.19. The Morgan fingerprint density at radius 2 is 1.72 bits per heavy atom. The Morgan fingerprint density at radius 1 is 0.966 bits per heavy atom. The van der Waals surface area contributed by atoms with Gasteiger partial charge in [0.15, 0.2) is 18.1 Å². The smallest absolute Gasteiger partial charge is 0.240 e. The summed E-state index contributed by atoms with van der Waals surface area (Å²) in [5.74, 6) is 4.12. The van der Waals surface area contributed by atoms with Crippen molar-refractivity contribution >= 4 is 0 Å². The molecule has 0 atom stereocenters. The summed E-state index contributed by atoms with van der Waals surface area (Å²) in [5.41, 5.74) is 1.12. The Hall–Kier alpha value is -3.26. The maximum atomic E-state index is 5.68. The standard InChI is InChI=1S/C21H23N3O5/c1-24(12-15-3-8-18-19(11-15)27-10-9-26-18)13-21-22-20(23-29-21)14-28-17-6-4-16(25-2)5-7-17/h3-8,11H,9-10,12-14H2,1-2H3. The van der Waals surface area contributed by atoms with Crippen molar-refractivity contribution in [2.24, 2.45) is 0 Å². The van der Waals surface area contributed by atoms with Crippen molar-refractivity contribution < 1.29 is 23.5 Å². The van der Waals surface area contributed by atoms with Gasteiger partial charge < -0.3 is 23.5 Å². The van der Waals surface area contributed by atoms with Gasteiger partial charge in [0.25, 0.3) is 0 Å². The molecule has 0 N–H and O–H groups in total. The summed E-state index contributed by atoms with van der Waals surface area (Å²) in [6.07, 6.45) is 0. The van der Waals surface area contributed by atoms with E-state index in [1.54, 1.807) is 7.11 Å². The summed E-state index contributed by atoms with van der Waals surface area (Å²) in [4.78, 5) is 6.49. The molecule has 152 valence electrons. The van der Waals surface area contributed by atoms with E-state index in [1.807, 2.05) is 49.5 Å². The molecule has 0 saturated heterocycles. The van der Waals surface area contributed by atoms with Crippen molar-refractivity contribution in [1.29, 1.82) is 0 Å². The molecular formula is C21H23N3O5. The Balaban J connectivity index is 1.29. The summed E-state index contributed by atoms with van der Waals surface area (Å²) in [6.45, 7) is 2.66. The quantitative estimate of drug-likeness (QED) is 0.574. The van der Waals surface area contributed by atoms with Gasteiger partial charge in [-0.05, 0) is 49.0 Å². The van der Waals surface area contributed by atoms with Gasteiger partial charge in [0.05, 0.1) is 13.7 Å². The molecular weight excluding hydrogens is 374 g/mol. The molecule has 0 bridgehead atoms. The van der Waals surface area contributed by atoms with E-state index in [4.69, 9.17) is 23.5 Å². The first-order valence-electron chi connectivity index (χ1n) is 9.35. The third-order valence-corrected chi connectivity index (χ3v) is 4.40. The number of hydrogen-bond donors (Lipinski definition) is 0. The summed E-state index contributed by atoms with van der Waals surface area (Å²) < 4.78 is 27.3. The predicted octanol–water partition coefficient (Wildman–Crippen LogP) is 3.06. The lowest BCUT2D eigenvalue weighted by atomic mass is 10.2. The molecule has 0 radical (unpaired) electrons. The van der Waals surface area contributed by atoms with Crippen LogP contribution in [0.4, 0.5) is 0 Å². The number of nitrogens with zero attached hydrogens (tertiary/aromatic N) is 3. The summed E-state index contributed by atoms with van der Waals surface area (Å²) in [6, 6.07) is 13.3. The molecule has 0 amide bonds. The minimum absolute atomic E-state index is 0.238. The Kier molecular flexibility index (Phi) is 5.81. The van der Waals surface area contributed by atoms with Crippen LogP contribution in [0.5, 0.6) is 23.0 Å². The van der Waals surface area contributed by atoms with E-state index in [0.29, 0.717) is 37.2 Å². The van der Waals surface area contributed by atoms with Gasteiger partial charge in [-0.3, -0.25) is 4.90 Å². The molecule has 0 aliphatic carbocycles. The minimum atomic E-state index is 0.238. The van der Waals surface area contributed by atoms with Gasteiger partial charge in [-0.15, -0.1) is 0 Å². The van der Waals surface area contributed by atoms with Crippen molar-refractivity contribution in [2.75, 3.05) is 27.4 Å². The molecule has 0 unspecified atom stereocenters. The third kappa shape index (κ3) is 4.97. The fourth-order valence-corrected chi connectivity index (χ4v) is 3.02. The molecule has 1 aromatic heterocycles. The summed E-state index contributed by atoms with van der Waals surface area (Å²) >= 11 is 0. The largest absolute Gasteiger partial charge is 0.497 e. The van der Waals surface area contributed by atoms with E-state index >= 15 is 0 Å².